The Morgan fingerprint density at radius 2 is 2.33 bits per heavy atom. The van der Waals surface area contributed by atoms with E-state index in [4.69, 9.17) is 0 Å². The fraction of sp³-hybridized carbons (Fsp3) is 0.417. The van der Waals surface area contributed by atoms with Gasteiger partial charge in [0.15, 0.2) is 0 Å². The van der Waals surface area contributed by atoms with E-state index in [1.54, 1.807) is 12.1 Å². The summed E-state index contributed by atoms with van der Waals surface area (Å²) in [6.07, 6.45) is 1.92. The zero-order valence-electron chi connectivity index (χ0n) is 10.3. The van der Waals surface area contributed by atoms with Crippen molar-refractivity contribution in [1.82, 2.24) is 4.98 Å². The summed E-state index contributed by atoms with van der Waals surface area (Å²) < 4.78 is 0. The maximum absolute atomic E-state index is 12.2. The number of amides is 1. The van der Waals surface area contributed by atoms with Crippen molar-refractivity contribution in [3.63, 3.8) is 0 Å². The molecule has 1 amide bonds. The SMILES string of the molecule is CSC1=NCC(C)C1C(=O)Nc1cccc(=O)[nH]1. The molecule has 0 aromatic carbocycles. The van der Waals surface area contributed by atoms with Gasteiger partial charge < -0.3 is 10.3 Å². The zero-order chi connectivity index (χ0) is 13.1. The first kappa shape index (κ1) is 12.9. The Morgan fingerprint density at radius 3 is 3.00 bits per heavy atom. The minimum atomic E-state index is -0.231. The van der Waals surface area contributed by atoms with Gasteiger partial charge in [0.05, 0.1) is 11.0 Å². The first-order chi connectivity index (χ1) is 8.61. The molecule has 2 atom stereocenters. The Balaban J connectivity index is 2.13. The molecule has 18 heavy (non-hydrogen) atoms. The highest BCUT2D eigenvalue weighted by Crippen LogP contribution is 2.27. The normalized spacial score (nSPS) is 22.7. The summed E-state index contributed by atoms with van der Waals surface area (Å²) >= 11 is 1.50. The van der Waals surface area contributed by atoms with Crippen molar-refractivity contribution >= 4 is 28.5 Å². The third kappa shape index (κ3) is 2.64. The Kier molecular flexibility index (Phi) is 3.86. The molecule has 96 valence electrons. The molecule has 1 aliphatic rings. The van der Waals surface area contributed by atoms with Crippen molar-refractivity contribution in [2.75, 3.05) is 18.1 Å². The number of carbonyl (C=O) groups excluding carboxylic acids is 1. The molecule has 1 aliphatic heterocycles. The molecule has 2 N–H and O–H groups in total. The van der Waals surface area contributed by atoms with Gasteiger partial charge in [0.25, 0.3) is 0 Å². The molecule has 2 rings (SSSR count). The maximum Gasteiger partial charge on any atom is 0.249 e. The lowest BCUT2D eigenvalue weighted by Crippen LogP contribution is -2.31. The number of H-pyrrole nitrogens is 1. The molecule has 1 aromatic rings. The lowest BCUT2D eigenvalue weighted by molar-refractivity contribution is -0.118. The van der Waals surface area contributed by atoms with E-state index in [1.807, 2.05) is 13.2 Å². The Labute approximate surface area is 109 Å². The maximum atomic E-state index is 12.2. The predicted octanol–water partition coefficient (Wildman–Crippen LogP) is 1.34. The predicted molar refractivity (Wildman–Crippen MR) is 74.2 cm³/mol. The number of aliphatic imine (C=N–C) groups is 1. The number of rotatable bonds is 2. The lowest BCUT2D eigenvalue weighted by Gasteiger charge is -2.16. The monoisotopic (exact) mass is 265 g/mol. The van der Waals surface area contributed by atoms with Crippen LogP contribution in [0.3, 0.4) is 0 Å². The number of anilines is 1. The molecule has 0 saturated heterocycles. The van der Waals surface area contributed by atoms with Gasteiger partial charge in [-0.1, -0.05) is 13.0 Å². The molecule has 2 heterocycles. The molecule has 1 aromatic heterocycles. The number of carbonyl (C=O) groups is 1. The van der Waals surface area contributed by atoms with Gasteiger partial charge in [-0.05, 0) is 18.2 Å². The molecular weight excluding hydrogens is 250 g/mol. The summed E-state index contributed by atoms with van der Waals surface area (Å²) in [6, 6.07) is 4.67. The molecule has 6 heteroatoms. The van der Waals surface area contributed by atoms with Crippen LogP contribution < -0.4 is 10.9 Å². The van der Waals surface area contributed by atoms with Crippen LogP contribution in [0.15, 0.2) is 28.0 Å². The molecule has 2 unspecified atom stereocenters. The Bertz CT molecular complexity index is 538. The van der Waals surface area contributed by atoms with E-state index in [2.05, 4.69) is 15.3 Å². The Hall–Kier alpha value is -1.56. The van der Waals surface area contributed by atoms with Crippen LogP contribution in [0.5, 0.6) is 0 Å². The first-order valence-corrected chi connectivity index (χ1v) is 6.93. The van der Waals surface area contributed by atoms with Gasteiger partial charge in [0.1, 0.15) is 5.82 Å². The number of pyridine rings is 1. The van der Waals surface area contributed by atoms with E-state index in [0.717, 1.165) is 5.04 Å². The molecule has 0 saturated carbocycles. The smallest absolute Gasteiger partial charge is 0.249 e. The average Bonchev–Trinajstić information content (AvgIpc) is 2.70. The van der Waals surface area contributed by atoms with Crippen LogP contribution in [0.4, 0.5) is 5.82 Å². The molecule has 5 nitrogen and oxygen atoms in total. The molecule has 0 spiro atoms. The lowest BCUT2D eigenvalue weighted by atomic mass is 9.97. The summed E-state index contributed by atoms with van der Waals surface area (Å²) in [6.45, 7) is 2.68. The fourth-order valence-corrected chi connectivity index (χ4v) is 2.77. The fourth-order valence-electron chi connectivity index (χ4n) is 1.97. The van der Waals surface area contributed by atoms with E-state index in [0.29, 0.717) is 12.4 Å². The van der Waals surface area contributed by atoms with Crippen LogP contribution in [0.1, 0.15) is 6.92 Å². The van der Waals surface area contributed by atoms with Crippen LogP contribution in [-0.2, 0) is 4.79 Å². The second kappa shape index (κ2) is 5.39. The van der Waals surface area contributed by atoms with Crippen LogP contribution in [0.2, 0.25) is 0 Å². The van der Waals surface area contributed by atoms with Gasteiger partial charge in [-0.2, -0.15) is 0 Å². The van der Waals surface area contributed by atoms with Crippen molar-refractivity contribution < 1.29 is 4.79 Å². The van der Waals surface area contributed by atoms with E-state index in [9.17, 15) is 9.59 Å². The van der Waals surface area contributed by atoms with Gasteiger partial charge in [-0.15, -0.1) is 11.8 Å². The number of aromatic nitrogens is 1. The first-order valence-electron chi connectivity index (χ1n) is 5.70. The standard InChI is InChI=1S/C12H15N3O2S/c1-7-6-13-12(18-2)10(7)11(17)15-8-4-3-5-9(16)14-8/h3-5,7,10H,6H2,1-2H3,(H2,14,15,16,17). The van der Waals surface area contributed by atoms with Crippen molar-refractivity contribution in [2.24, 2.45) is 16.8 Å². The van der Waals surface area contributed by atoms with Gasteiger partial charge in [0, 0.05) is 12.6 Å². The second-order valence-electron chi connectivity index (χ2n) is 4.26. The van der Waals surface area contributed by atoms with E-state index >= 15 is 0 Å². The van der Waals surface area contributed by atoms with Crippen LogP contribution in [0, 0.1) is 11.8 Å². The third-order valence-corrected chi connectivity index (χ3v) is 3.69. The van der Waals surface area contributed by atoms with E-state index < -0.39 is 0 Å². The van der Waals surface area contributed by atoms with Crippen molar-refractivity contribution in [1.29, 1.82) is 0 Å². The minimum Gasteiger partial charge on any atom is -0.312 e. The van der Waals surface area contributed by atoms with Gasteiger partial charge in [0.2, 0.25) is 11.5 Å². The van der Waals surface area contributed by atoms with Gasteiger partial charge >= 0.3 is 0 Å². The van der Waals surface area contributed by atoms with Crippen molar-refractivity contribution in [3.8, 4) is 0 Å². The van der Waals surface area contributed by atoms with E-state index in [-0.39, 0.29) is 23.3 Å². The second-order valence-corrected chi connectivity index (χ2v) is 5.08. The summed E-state index contributed by atoms with van der Waals surface area (Å²) in [5, 5.41) is 3.59. The number of nitrogens with zero attached hydrogens (tertiary/aromatic N) is 1. The molecular formula is C12H15N3O2S. The van der Waals surface area contributed by atoms with Gasteiger partial charge in [-0.3, -0.25) is 14.6 Å². The number of hydrogen-bond donors (Lipinski definition) is 2. The zero-order valence-corrected chi connectivity index (χ0v) is 11.1. The summed E-state index contributed by atoms with van der Waals surface area (Å²) in [5.74, 6) is 0.286. The molecule has 0 bridgehead atoms. The van der Waals surface area contributed by atoms with Crippen LogP contribution in [0.25, 0.3) is 0 Å². The Morgan fingerprint density at radius 1 is 1.56 bits per heavy atom. The quantitative estimate of drug-likeness (QED) is 0.847. The highest BCUT2D eigenvalue weighted by molar-refractivity contribution is 8.13. The molecule has 0 radical (unpaired) electrons. The topological polar surface area (TPSA) is 74.3 Å². The minimum absolute atomic E-state index is 0.116. The number of thioether (sulfide) groups is 1. The highest BCUT2D eigenvalue weighted by atomic mass is 32.2. The summed E-state index contributed by atoms with van der Waals surface area (Å²) in [4.78, 5) is 30.2. The third-order valence-electron chi connectivity index (χ3n) is 2.89. The summed E-state index contributed by atoms with van der Waals surface area (Å²) in [5.41, 5.74) is -0.231. The highest BCUT2D eigenvalue weighted by Gasteiger charge is 2.34. The average molecular weight is 265 g/mol. The van der Waals surface area contributed by atoms with Crippen molar-refractivity contribution in [2.45, 2.75) is 6.92 Å². The number of aromatic amines is 1. The molecule has 0 fully saturated rings. The molecule has 0 aliphatic carbocycles. The number of nitrogens with one attached hydrogen (secondary N) is 2. The van der Waals surface area contributed by atoms with Crippen LogP contribution in [-0.4, -0.2) is 28.7 Å². The largest absolute Gasteiger partial charge is 0.312 e. The van der Waals surface area contributed by atoms with E-state index in [1.165, 1.54) is 17.8 Å². The summed E-state index contributed by atoms with van der Waals surface area (Å²) in [7, 11) is 0. The van der Waals surface area contributed by atoms with Crippen LogP contribution >= 0.6 is 11.8 Å². The number of hydrogen-bond acceptors (Lipinski definition) is 4. The van der Waals surface area contributed by atoms with Gasteiger partial charge in [-0.25, -0.2) is 0 Å². The van der Waals surface area contributed by atoms with Crippen molar-refractivity contribution in [3.05, 3.63) is 28.6 Å².